The standard InChI is InChI=1S/C22H23FN4O.ClH/c1-14-10-15(2)27(25-14)21-9-8-17(11-19(21)23)22(28)26-12-18(20(24)13-26)16-6-4-3-5-7-16;/h3-11,18,20H,12-13,24H2,1-2H3;1H/t18-,20+;/m0./s1. The van der Waals surface area contributed by atoms with E-state index in [0.29, 0.717) is 24.3 Å². The van der Waals surface area contributed by atoms with E-state index < -0.39 is 5.82 Å². The summed E-state index contributed by atoms with van der Waals surface area (Å²) in [5, 5.41) is 4.31. The number of hydrogen-bond donors (Lipinski definition) is 1. The molecule has 1 aromatic heterocycles. The lowest BCUT2D eigenvalue weighted by atomic mass is 9.95. The Morgan fingerprint density at radius 2 is 1.83 bits per heavy atom. The van der Waals surface area contributed by atoms with Crippen molar-refractivity contribution in [1.29, 1.82) is 0 Å². The Balaban J connectivity index is 0.00000240. The van der Waals surface area contributed by atoms with E-state index in [0.717, 1.165) is 17.0 Å². The van der Waals surface area contributed by atoms with Gasteiger partial charge in [0.25, 0.3) is 5.91 Å². The zero-order valence-electron chi connectivity index (χ0n) is 16.4. The van der Waals surface area contributed by atoms with Crippen molar-refractivity contribution in [2.24, 2.45) is 5.73 Å². The van der Waals surface area contributed by atoms with Crippen LogP contribution in [0, 0.1) is 19.7 Å². The molecule has 2 aromatic carbocycles. The van der Waals surface area contributed by atoms with Crippen LogP contribution >= 0.6 is 12.4 Å². The third kappa shape index (κ3) is 4.04. The van der Waals surface area contributed by atoms with Crippen molar-refractivity contribution < 1.29 is 9.18 Å². The van der Waals surface area contributed by atoms with Crippen molar-refractivity contribution >= 4 is 18.3 Å². The third-order valence-electron chi connectivity index (χ3n) is 5.31. The molecule has 2 atom stereocenters. The van der Waals surface area contributed by atoms with Gasteiger partial charge in [-0.3, -0.25) is 4.79 Å². The Bertz CT molecular complexity index is 1020. The molecule has 3 aromatic rings. The van der Waals surface area contributed by atoms with Crippen LogP contribution in [0.1, 0.15) is 33.2 Å². The molecule has 29 heavy (non-hydrogen) atoms. The number of nitrogens with two attached hydrogens (primary N) is 1. The highest BCUT2D eigenvalue weighted by atomic mass is 35.5. The minimum atomic E-state index is -0.472. The molecule has 152 valence electrons. The molecular formula is C22H24ClFN4O. The monoisotopic (exact) mass is 414 g/mol. The van der Waals surface area contributed by atoms with E-state index in [-0.39, 0.29) is 30.3 Å². The van der Waals surface area contributed by atoms with Crippen molar-refractivity contribution in [3.05, 3.63) is 82.9 Å². The minimum absolute atomic E-state index is 0. The Morgan fingerprint density at radius 3 is 2.45 bits per heavy atom. The van der Waals surface area contributed by atoms with E-state index in [1.54, 1.807) is 21.7 Å². The van der Waals surface area contributed by atoms with Gasteiger partial charge in [-0.1, -0.05) is 30.3 Å². The number of benzene rings is 2. The molecule has 5 nitrogen and oxygen atoms in total. The lowest BCUT2D eigenvalue weighted by molar-refractivity contribution is 0.0788. The number of carbonyl (C=O) groups excluding carboxylic acids is 1. The van der Waals surface area contributed by atoms with E-state index >= 15 is 0 Å². The number of hydrogen-bond acceptors (Lipinski definition) is 3. The summed E-state index contributed by atoms with van der Waals surface area (Å²) in [6.07, 6.45) is 0. The van der Waals surface area contributed by atoms with E-state index in [2.05, 4.69) is 5.10 Å². The lowest BCUT2D eigenvalue weighted by Crippen LogP contribution is -2.32. The van der Waals surface area contributed by atoms with E-state index in [1.807, 2.05) is 50.2 Å². The maximum Gasteiger partial charge on any atom is 0.254 e. The van der Waals surface area contributed by atoms with Gasteiger partial charge in [-0.25, -0.2) is 9.07 Å². The molecule has 0 spiro atoms. The first-order chi connectivity index (χ1) is 13.4. The molecule has 2 N–H and O–H groups in total. The van der Waals surface area contributed by atoms with Gasteiger partial charge >= 0.3 is 0 Å². The van der Waals surface area contributed by atoms with Gasteiger partial charge in [0.1, 0.15) is 11.5 Å². The van der Waals surface area contributed by atoms with Crippen molar-refractivity contribution in [2.75, 3.05) is 13.1 Å². The van der Waals surface area contributed by atoms with Gasteiger partial charge in [0.05, 0.1) is 5.69 Å². The summed E-state index contributed by atoms with van der Waals surface area (Å²) in [6.45, 7) is 4.72. The molecule has 0 aliphatic carbocycles. The van der Waals surface area contributed by atoms with E-state index in [1.165, 1.54) is 6.07 Å². The number of nitrogens with zero attached hydrogens (tertiary/aromatic N) is 3. The molecule has 0 bridgehead atoms. The molecule has 1 saturated heterocycles. The molecule has 1 aliphatic rings. The largest absolute Gasteiger partial charge is 0.336 e. The van der Waals surface area contributed by atoms with E-state index in [9.17, 15) is 9.18 Å². The van der Waals surface area contributed by atoms with Crippen LogP contribution in [0.15, 0.2) is 54.6 Å². The number of aromatic nitrogens is 2. The van der Waals surface area contributed by atoms with Gasteiger partial charge in [-0.15, -0.1) is 12.4 Å². The van der Waals surface area contributed by atoms with Crippen LogP contribution in [0.3, 0.4) is 0 Å². The van der Waals surface area contributed by atoms with Gasteiger partial charge in [-0.05, 0) is 43.7 Å². The van der Waals surface area contributed by atoms with E-state index in [4.69, 9.17) is 5.73 Å². The molecule has 2 heterocycles. The van der Waals surface area contributed by atoms with Crippen molar-refractivity contribution in [2.45, 2.75) is 25.8 Å². The highest BCUT2D eigenvalue weighted by Crippen LogP contribution is 2.28. The number of halogens is 2. The molecule has 0 radical (unpaired) electrons. The van der Waals surface area contributed by atoms with Gasteiger partial charge in [0.15, 0.2) is 0 Å². The first-order valence-electron chi connectivity index (χ1n) is 9.37. The predicted molar refractivity (Wildman–Crippen MR) is 113 cm³/mol. The third-order valence-corrected chi connectivity index (χ3v) is 5.31. The van der Waals surface area contributed by atoms with Crippen molar-refractivity contribution in [1.82, 2.24) is 14.7 Å². The Hall–Kier alpha value is -2.70. The fourth-order valence-corrected chi connectivity index (χ4v) is 3.91. The zero-order valence-corrected chi connectivity index (χ0v) is 17.2. The second-order valence-electron chi connectivity index (χ2n) is 7.40. The molecule has 0 saturated carbocycles. The van der Waals surface area contributed by atoms with Crippen LogP contribution in [0.25, 0.3) is 5.69 Å². The second kappa shape index (κ2) is 8.35. The predicted octanol–water partition coefficient (Wildman–Crippen LogP) is 3.62. The maximum atomic E-state index is 14.7. The van der Waals surface area contributed by atoms with Gasteiger partial charge in [0.2, 0.25) is 0 Å². The van der Waals surface area contributed by atoms with Crippen molar-refractivity contribution in [3.8, 4) is 5.69 Å². The van der Waals surface area contributed by atoms with Crippen LogP contribution in [-0.4, -0.2) is 39.7 Å². The molecule has 1 fully saturated rings. The Labute approximate surface area is 175 Å². The molecule has 7 heteroatoms. The number of rotatable bonds is 3. The summed E-state index contributed by atoms with van der Waals surface area (Å²) < 4.78 is 16.3. The summed E-state index contributed by atoms with van der Waals surface area (Å²) in [7, 11) is 0. The number of aryl methyl sites for hydroxylation is 2. The molecule has 4 rings (SSSR count). The second-order valence-corrected chi connectivity index (χ2v) is 7.40. The fourth-order valence-electron chi connectivity index (χ4n) is 3.91. The molecule has 1 amide bonds. The summed E-state index contributed by atoms with van der Waals surface area (Å²) in [6, 6.07) is 16.3. The average molecular weight is 415 g/mol. The van der Waals surface area contributed by atoms with Crippen LogP contribution in [0.4, 0.5) is 4.39 Å². The van der Waals surface area contributed by atoms with Crippen LogP contribution in [0.5, 0.6) is 0 Å². The average Bonchev–Trinajstić information content (AvgIpc) is 3.23. The molecular weight excluding hydrogens is 391 g/mol. The minimum Gasteiger partial charge on any atom is -0.336 e. The fraction of sp³-hybridized carbons (Fsp3) is 0.273. The SMILES string of the molecule is Cc1cc(C)n(-c2ccc(C(=O)N3C[C@@H](N)[C@H](c4ccccc4)C3)cc2F)n1.Cl. The first-order valence-corrected chi connectivity index (χ1v) is 9.37. The summed E-state index contributed by atoms with van der Waals surface area (Å²) >= 11 is 0. The summed E-state index contributed by atoms with van der Waals surface area (Å²) in [5.74, 6) is -0.586. The topological polar surface area (TPSA) is 64.2 Å². The number of amides is 1. The first kappa shape index (κ1) is 21.0. The summed E-state index contributed by atoms with van der Waals surface area (Å²) in [5.41, 5.74) is 9.72. The number of likely N-dealkylation sites (tertiary alicyclic amines) is 1. The van der Waals surface area contributed by atoms with Crippen LogP contribution in [-0.2, 0) is 0 Å². The Morgan fingerprint density at radius 1 is 1.10 bits per heavy atom. The maximum absolute atomic E-state index is 14.7. The molecule has 1 aliphatic heterocycles. The lowest BCUT2D eigenvalue weighted by Gasteiger charge is -2.17. The quantitative estimate of drug-likeness (QED) is 0.712. The van der Waals surface area contributed by atoms with Gasteiger partial charge in [0, 0.05) is 36.3 Å². The highest BCUT2D eigenvalue weighted by Gasteiger charge is 2.34. The van der Waals surface area contributed by atoms with Gasteiger partial charge in [-0.2, -0.15) is 5.10 Å². The summed E-state index contributed by atoms with van der Waals surface area (Å²) in [4.78, 5) is 14.6. The zero-order chi connectivity index (χ0) is 19.8. The van der Waals surface area contributed by atoms with Crippen molar-refractivity contribution in [3.63, 3.8) is 0 Å². The van der Waals surface area contributed by atoms with Crippen LogP contribution in [0.2, 0.25) is 0 Å². The smallest absolute Gasteiger partial charge is 0.254 e. The normalized spacial score (nSPS) is 18.6. The Kier molecular flexibility index (Phi) is 6.05. The molecule has 0 unspecified atom stereocenters. The number of carbonyl (C=O) groups is 1. The highest BCUT2D eigenvalue weighted by molar-refractivity contribution is 5.94. The van der Waals surface area contributed by atoms with Gasteiger partial charge < -0.3 is 10.6 Å². The van der Waals surface area contributed by atoms with Crippen LogP contribution < -0.4 is 5.73 Å².